The summed E-state index contributed by atoms with van der Waals surface area (Å²) in [4.78, 5) is 33.1. The number of rotatable bonds is 7. The van der Waals surface area contributed by atoms with Crippen molar-refractivity contribution < 1.29 is 14.3 Å². The van der Waals surface area contributed by atoms with Crippen molar-refractivity contribution in [3.63, 3.8) is 0 Å². The molecule has 3 heterocycles. The van der Waals surface area contributed by atoms with Crippen molar-refractivity contribution in [3.05, 3.63) is 70.5 Å². The van der Waals surface area contributed by atoms with Crippen molar-refractivity contribution in [3.8, 4) is 16.9 Å². The van der Waals surface area contributed by atoms with Crippen LogP contribution in [0.2, 0.25) is 0 Å². The number of likely N-dealkylation sites (tertiary alicyclic amines) is 1. The molecule has 0 spiro atoms. The third-order valence-electron chi connectivity index (χ3n) is 6.28. The Hall–Kier alpha value is -3.52. The summed E-state index contributed by atoms with van der Waals surface area (Å²) < 4.78 is 14.8. The van der Waals surface area contributed by atoms with Crippen molar-refractivity contribution in [1.29, 1.82) is 0 Å². The predicted molar refractivity (Wildman–Crippen MR) is 130 cm³/mol. The molecule has 0 unspecified atom stereocenters. The quantitative estimate of drug-likeness (QED) is 0.551. The number of fused-ring (bicyclic) bond motifs is 1. The second kappa shape index (κ2) is 10.2. The molecule has 0 atom stereocenters. The van der Waals surface area contributed by atoms with E-state index in [-0.39, 0.29) is 16.8 Å². The summed E-state index contributed by atoms with van der Waals surface area (Å²) in [6.45, 7) is 8.52. The maximum Gasteiger partial charge on any atom is 0.268 e. The molecule has 3 aromatic rings. The zero-order chi connectivity index (χ0) is 24.2. The molecule has 178 valence electrons. The van der Waals surface area contributed by atoms with Gasteiger partial charge in [-0.3, -0.25) is 14.2 Å². The van der Waals surface area contributed by atoms with E-state index in [9.17, 15) is 19.1 Å². The molecule has 8 heteroatoms. The van der Waals surface area contributed by atoms with Crippen molar-refractivity contribution in [2.75, 3.05) is 19.6 Å². The van der Waals surface area contributed by atoms with Gasteiger partial charge in [-0.1, -0.05) is 32.1 Å². The number of aromatic nitrogens is 2. The van der Waals surface area contributed by atoms with Crippen LogP contribution in [-0.2, 0) is 6.54 Å². The minimum Gasteiger partial charge on any atom is -0.506 e. The average Bonchev–Trinajstić information content (AvgIpc) is 2.85. The Labute approximate surface area is 197 Å². The number of hydrogen-bond donors (Lipinski definition) is 2. The molecule has 2 aromatic heterocycles. The SMILES string of the molecule is C=C(CC)NC(=O)c1c(O)c2cc(-c3ccc(F)cc3)cnc2n(CCN2CCCCC2)c1=O. The van der Waals surface area contributed by atoms with Crippen LogP contribution in [0, 0.1) is 5.82 Å². The van der Waals surface area contributed by atoms with Crippen molar-refractivity contribution in [2.45, 2.75) is 39.2 Å². The highest BCUT2D eigenvalue weighted by Crippen LogP contribution is 2.30. The van der Waals surface area contributed by atoms with Gasteiger partial charge in [-0.05, 0) is 56.1 Å². The van der Waals surface area contributed by atoms with Crippen LogP contribution in [-0.4, -0.2) is 45.1 Å². The molecule has 7 nitrogen and oxygen atoms in total. The summed E-state index contributed by atoms with van der Waals surface area (Å²) in [6, 6.07) is 7.58. The number of carbonyl (C=O) groups is 1. The summed E-state index contributed by atoms with van der Waals surface area (Å²) in [5, 5.41) is 13.9. The Morgan fingerprint density at radius 1 is 1.15 bits per heavy atom. The average molecular weight is 465 g/mol. The van der Waals surface area contributed by atoms with Gasteiger partial charge in [-0.15, -0.1) is 0 Å². The molecular weight excluding hydrogens is 435 g/mol. The number of nitrogens with zero attached hydrogens (tertiary/aromatic N) is 3. The summed E-state index contributed by atoms with van der Waals surface area (Å²) in [6.07, 6.45) is 5.54. The summed E-state index contributed by atoms with van der Waals surface area (Å²) >= 11 is 0. The van der Waals surface area contributed by atoms with E-state index in [1.165, 1.54) is 23.1 Å². The minimum atomic E-state index is -0.699. The Bertz CT molecular complexity index is 1280. The lowest BCUT2D eigenvalue weighted by Gasteiger charge is -2.27. The molecule has 0 saturated carbocycles. The fourth-order valence-electron chi connectivity index (χ4n) is 4.26. The van der Waals surface area contributed by atoms with E-state index >= 15 is 0 Å². The van der Waals surface area contributed by atoms with E-state index in [1.54, 1.807) is 24.4 Å². The van der Waals surface area contributed by atoms with Crippen molar-refractivity contribution in [2.24, 2.45) is 0 Å². The third-order valence-corrected chi connectivity index (χ3v) is 6.28. The number of pyridine rings is 2. The van der Waals surface area contributed by atoms with Crippen LogP contribution >= 0.6 is 0 Å². The second-order valence-electron chi connectivity index (χ2n) is 8.60. The van der Waals surface area contributed by atoms with Gasteiger partial charge in [0, 0.05) is 30.5 Å². The lowest BCUT2D eigenvalue weighted by Crippen LogP contribution is -2.37. The summed E-state index contributed by atoms with van der Waals surface area (Å²) in [5.41, 5.74) is 1.16. The zero-order valence-corrected chi connectivity index (χ0v) is 19.3. The number of amides is 1. The third kappa shape index (κ3) is 4.87. The van der Waals surface area contributed by atoms with E-state index in [0.29, 0.717) is 42.0 Å². The molecule has 2 N–H and O–H groups in total. The monoisotopic (exact) mass is 464 g/mol. The molecule has 1 aromatic carbocycles. The van der Waals surface area contributed by atoms with Crippen LogP contribution in [0.5, 0.6) is 5.75 Å². The fraction of sp³-hybridized carbons (Fsp3) is 0.346. The van der Waals surface area contributed by atoms with Crippen LogP contribution in [0.1, 0.15) is 43.0 Å². The maximum atomic E-state index is 13.4. The number of benzene rings is 1. The van der Waals surface area contributed by atoms with Crippen LogP contribution in [0.4, 0.5) is 4.39 Å². The molecule has 0 bridgehead atoms. The first-order valence-electron chi connectivity index (χ1n) is 11.6. The van der Waals surface area contributed by atoms with Crippen LogP contribution < -0.4 is 10.9 Å². The Morgan fingerprint density at radius 3 is 2.53 bits per heavy atom. The molecule has 1 saturated heterocycles. The molecule has 0 radical (unpaired) electrons. The van der Waals surface area contributed by atoms with Gasteiger partial charge < -0.3 is 15.3 Å². The first-order valence-corrected chi connectivity index (χ1v) is 11.6. The number of aromatic hydroxyl groups is 1. The standard InChI is InChI=1S/C26H29FN4O3/c1-3-17(2)29-25(33)22-23(32)21-15-19(18-7-9-20(27)10-8-18)16-28-24(21)31(26(22)34)14-13-30-11-5-4-6-12-30/h7-10,15-16,32H,2-6,11-14H2,1H3,(H,29,33). The van der Waals surface area contributed by atoms with Gasteiger partial charge in [0.05, 0.1) is 5.39 Å². The largest absolute Gasteiger partial charge is 0.506 e. The molecule has 1 aliphatic heterocycles. The van der Waals surface area contributed by atoms with E-state index < -0.39 is 17.2 Å². The number of halogens is 1. The van der Waals surface area contributed by atoms with Crippen molar-refractivity contribution in [1.82, 2.24) is 19.8 Å². The van der Waals surface area contributed by atoms with Gasteiger partial charge in [-0.2, -0.15) is 0 Å². The fourth-order valence-corrected chi connectivity index (χ4v) is 4.26. The zero-order valence-electron chi connectivity index (χ0n) is 19.3. The van der Waals surface area contributed by atoms with E-state index in [4.69, 9.17) is 0 Å². The molecule has 0 aliphatic carbocycles. The molecule has 4 rings (SSSR count). The highest BCUT2D eigenvalue weighted by molar-refractivity contribution is 6.02. The van der Waals surface area contributed by atoms with Gasteiger partial charge in [0.2, 0.25) is 0 Å². The summed E-state index contributed by atoms with van der Waals surface area (Å²) in [5.74, 6) is -1.48. The molecule has 1 amide bonds. The normalized spacial score (nSPS) is 14.3. The predicted octanol–water partition coefficient (Wildman–Crippen LogP) is 4.05. The van der Waals surface area contributed by atoms with Gasteiger partial charge >= 0.3 is 0 Å². The van der Waals surface area contributed by atoms with E-state index in [1.807, 2.05) is 6.92 Å². The first-order chi connectivity index (χ1) is 16.4. The summed E-state index contributed by atoms with van der Waals surface area (Å²) in [7, 11) is 0. The number of carbonyl (C=O) groups excluding carboxylic acids is 1. The van der Waals surface area contributed by atoms with Gasteiger partial charge in [-0.25, -0.2) is 9.37 Å². The van der Waals surface area contributed by atoms with Crippen molar-refractivity contribution >= 4 is 16.9 Å². The van der Waals surface area contributed by atoms with Crippen LogP contribution in [0.3, 0.4) is 0 Å². The molecule has 1 aliphatic rings. The van der Waals surface area contributed by atoms with E-state index in [0.717, 1.165) is 25.9 Å². The van der Waals surface area contributed by atoms with Gasteiger partial charge in [0.25, 0.3) is 11.5 Å². The maximum absolute atomic E-state index is 13.4. The molecular formula is C26H29FN4O3. The molecule has 1 fully saturated rings. The lowest BCUT2D eigenvalue weighted by molar-refractivity contribution is 0.0960. The topological polar surface area (TPSA) is 87.5 Å². The van der Waals surface area contributed by atoms with Crippen LogP contribution in [0.15, 0.2) is 53.6 Å². The highest BCUT2D eigenvalue weighted by atomic mass is 19.1. The number of piperidine rings is 1. The highest BCUT2D eigenvalue weighted by Gasteiger charge is 2.24. The number of allylic oxidation sites excluding steroid dienone is 1. The smallest absolute Gasteiger partial charge is 0.268 e. The van der Waals surface area contributed by atoms with Gasteiger partial charge in [0.15, 0.2) is 0 Å². The Kier molecular flexibility index (Phi) is 7.07. The van der Waals surface area contributed by atoms with Crippen LogP contribution in [0.25, 0.3) is 22.2 Å². The lowest BCUT2D eigenvalue weighted by atomic mass is 10.0. The van der Waals surface area contributed by atoms with E-state index in [2.05, 4.69) is 21.8 Å². The molecule has 34 heavy (non-hydrogen) atoms. The first kappa shape index (κ1) is 23.6. The number of nitrogens with one attached hydrogen (secondary N) is 1. The Balaban J connectivity index is 1.83. The second-order valence-corrected chi connectivity index (χ2v) is 8.60. The van der Waals surface area contributed by atoms with Gasteiger partial charge in [0.1, 0.15) is 22.8 Å². The minimum absolute atomic E-state index is 0.285. The number of hydrogen-bond acceptors (Lipinski definition) is 5. The Morgan fingerprint density at radius 2 is 1.85 bits per heavy atom.